The van der Waals surface area contributed by atoms with Crippen LogP contribution in [-0.2, 0) is 4.79 Å². The predicted molar refractivity (Wildman–Crippen MR) is 141 cm³/mol. The number of thioether (sulfide) groups is 1. The van der Waals surface area contributed by atoms with Crippen LogP contribution in [0.3, 0.4) is 0 Å². The zero-order valence-corrected chi connectivity index (χ0v) is 19.7. The number of amidine groups is 1. The number of rotatable bonds is 5. The van der Waals surface area contributed by atoms with Crippen LogP contribution in [0.5, 0.6) is 5.75 Å². The van der Waals surface area contributed by atoms with Crippen molar-refractivity contribution in [1.82, 2.24) is 0 Å². The molecule has 1 aliphatic heterocycles. The van der Waals surface area contributed by atoms with Gasteiger partial charge in [0.15, 0.2) is 5.17 Å². The average molecular weight is 495 g/mol. The molecule has 0 radical (unpaired) electrons. The molecule has 0 saturated carbocycles. The molecular formula is C29H19FN2O3S. The van der Waals surface area contributed by atoms with Crippen molar-refractivity contribution in [2.45, 2.75) is 0 Å². The third-order valence-electron chi connectivity index (χ3n) is 5.28. The molecule has 1 heterocycles. The number of carbonyl (C=O) groups is 2. The Bertz CT molecular complexity index is 1470. The summed E-state index contributed by atoms with van der Waals surface area (Å²) in [5, 5.41) is 0.555. The van der Waals surface area contributed by atoms with Crippen LogP contribution in [0.15, 0.2) is 119 Å². The minimum absolute atomic E-state index is 0.136. The molecule has 0 bridgehead atoms. The fourth-order valence-electron chi connectivity index (χ4n) is 3.54. The third-order valence-corrected chi connectivity index (χ3v) is 6.25. The first kappa shape index (κ1) is 23.3. The van der Waals surface area contributed by atoms with Crippen molar-refractivity contribution in [3.8, 4) is 5.75 Å². The molecule has 0 spiro atoms. The molecule has 1 fully saturated rings. The summed E-state index contributed by atoms with van der Waals surface area (Å²) < 4.78 is 19.1. The number of aliphatic imine (C=N–C) groups is 1. The summed E-state index contributed by atoms with van der Waals surface area (Å²) in [5.74, 6) is -1.33. The minimum Gasteiger partial charge on any atom is -0.423 e. The molecule has 176 valence electrons. The van der Waals surface area contributed by atoms with E-state index >= 15 is 0 Å². The lowest BCUT2D eigenvalue weighted by molar-refractivity contribution is -0.113. The van der Waals surface area contributed by atoms with Crippen LogP contribution in [0.1, 0.15) is 15.9 Å². The first-order chi connectivity index (χ1) is 17.6. The number of esters is 1. The molecular weight excluding hydrogens is 475 g/mol. The lowest BCUT2D eigenvalue weighted by Crippen LogP contribution is -2.28. The molecule has 5 nitrogen and oxygen atoms in total. The van der Waals surface area contributed by atoms with E-state index in [-0.39, 0.29) is 17.2 Å². The third kappa shape index (κ3) is 5.11. The number of nitrogens with zero attached hydrogens (tertiary/aromatic N) is 2. The highest BCUT2D eigenvalue weighted by molar-refractivity contribution is 8.19. The van der Waals surface area contributed by atoms with Crippen LogP contribution < -0.4 is 9.64 Å². The van der Waals surface area contributed by atoms with Crippen molar-refractivity contribution in [1.29, 1.82) is 0 Å². The fourth-order valence-corrected chi connectivity index (χ4v) is 4.54. The summed E-state index contributed by atoms with van der Waals surface area (Å²) in [6.45, 7) is 0. The average Bonchev–Trinajstić information content (AvgIpc) is 3.20. The van der Waals surface area contributed by atoms with E-state index < -0.39 is 11.8 Å². The first-order valence-electron chi connectivity index (χ1n) is 11.1. The highest BCUT2D eigenvalue weighted by Crippen LogP contribution is 2.37. The molecule has 0 atom stereocenters. The largest absolute Gasteiger partial charge is 0.423 e. The van der Waals surface area contributed by atoms with Crippen LogP contribution >= 0.6 is 11.8 Å². The number of para-hydroxylation sites is 2. The lowest BCUT2D eigenvalue weighted by Gasteiger charge is -2.15. The number of ether oxygens (including phenoxy) is 1. The number of benzene rings is 4. The van der Waals surface area contributed by atoms with Gasteiger partial charge in [0, 0.05) is 0 Å². The molecule has 7 heteroatoms. The van der Waals surface area contributed by atoms with E-state index in [2.05, 4.69) is 0 Å². The van der Waals surface area contributed by atoms with E-state index in [9.17, 15) is 14.0 Å². The van der Waals surface area contributed by atoms with E-state index in [0.717, 1.165) is 16.9 Å². The van der Waals surface area contributed by atoms with E-state index in [4.69, 9.17) is 9.73 Å². The van der Waals surface area contributed by atoms with E-state index in [1.165, 1.54) is 30.0 Å². The van der Waals surface area contributed by atoms with Gasteiger partial charge in [-0.15, -0.1) is 0 Å². The van der Waals surface area contributed by atoms with Gasteiger partial charge in [0.05, 0.1) is 21.8 Å². The Kier molecular flexibility index (Phi) is 6.73. The molecule has 0 unspecified atom stereocenters. The van der Waals surface area contributed by atoms with Gasteiger partial charge >= 0.3 is 5.97 Å². The van der Waals surface area contributed by atoms with Crippen molar-refractivity contribution >= 4 is 46.3 Å². The monoisotopic (exact) mass is 494 g/mol. The molecule has 5 rings (SSSR count). The molecule has 0 aliphatic carbocycles. The molecule has 0 N–H and O–H groups in total. The Morgan fingerprint density at radius 1 is 0.833 bits per heavy atom. The Balaban J connectivity index is 1.39. The maximum atomic E-state index is 13.8. The summed E-state index contributed by atoms with van der Waals surface area (Å²) in [4.78, 5) is 32.4. The smallest absolute Gasteiger partial charge is 0.346 e. The predicted octanol–water partition coefficient (Wildman–Crippen LogP) is 6.85. The van der Waals surface area contributed by atoms with Crippen LogP contribution in [0.25, 0.3) is 6.08 Å². The minimum atomic E-state index is -0.777. The van der Waals surface area contributed by atoms with Crippen molar-refractivity contribution < 1.29 is 18.7 Å². The molecule has 36 heavy (non-hydrogen) atoms. The topological polar surface area (TPSA) is 59.0 Å². The summed E-state index contributed by atoms with van der Waals surface area (Å²) >= 11 is 1.29. The van der Waals surface area contributed by atoms with E-state index in [0.29, 0.717) is 10.1 Å². The summed E-state index contributed by atoms with van der Waals surface area (Å²) in [5.41, 5.74) is 2.08. The van der Waals surface area contributed by atoms with Crippen LogP contribution in [-0.4, -0.2) is 17.0 Å². The van der Waals surface area contributed by atoms with Gasteiger partial charge in [-0.05, 0) is 71.9 Å². The lowest BCUT2D eigenvalue weighted by atomic mass is 10.2. The molecule has 1 aliphatic rings. The molecule has 0 aromatic heterocycles. The van der Waals surface area contributed by atoms with Crippen LogP contribution in [0.2, 0.25) is 0 Å². The zero-order chi connectivity index (χ0) is 24.9. The quantitative estimate of drug-likeness (QED) is 0.173. The van der Waals surface area contributed by atoms with Gasteiger partial charge < -0.3 is 4.74 Å². The number of amides is 1. The second-order valence-electron chi connectivity index (χ2n) is 7.76. The Labute approximate surface area is 211 Å². The van der Waals surface area contributed by atoms with Gasteiger partial charge in [-0.25, -0.2) is 14.2 Å². The molecule has 1 saturated heterocycles. The standard InChI is InChI=1S/C29H19FN2O3S/c30-25-14-8-7-13-24(25)28(34)35-23-17-15-20(16-18-23)19-26-27(33)32(22-11-5-2-6-12-22)29(36-26)31-21-9-3-1-4-10-21/h1-19H/b26-19-,31-29?. The number of anilines is 1. The Hall–Kier alpha value is -4.49. The van der Waals surface area contributed by atoms with Crippen molar-refractivity contribution in [3.63, 3.8) is 0 Å². The fraction of sp³-hybridized carbons (Fsp3) is 0. The van der Waals surface area contributed by atoms with Gasteiger partial charge in [-0.1, -0.05) is 60.7 Å². The first-order valence-corrected chi connectivity index (χ1v) is 11.9. The maximum absolute atomic E-state index is 13.8. The summed E-state index contributed by atoms with van der Waals surface area (Å²) in [6, 6.07) is 31.1. The number of hydrogen-bond acceptors (Lipinski definition) is 5. The second-order valence-corrected chi connectivity index (χ2v) is 8.76. The Morgan fingerprint density at radius 2 is 1.47 bits per heavy atom. The molecule has 1 amide bonds. The van der Waals surface area contributed by atoms with Gasteiger partial charge in [0.1, 0.15) is 11.6 Å². The van der Waals surface area contributed by atoms with Crippen molar-refractivity contribution in [3.05, 3.63) is 131 Å². The number of carbonyl (C=O) groups excluding carboxylic acids is 2. The normalized spacial score (nSPS) is 15.5. The molecule has 4 aromatic rings. The number of halogens is 1. The SMILES string of the molecule is O=C(Oc1ccc(/C=C2\SC(=Nc3ccccc3)N(c3ccccc3)C2=O)cc1)c1ccccc1F. The van der Waals surface area contributed by atoms with E-state index in [1.807, 2.05) is 60.7 Å². The summed E-state index contributed by atoms with van der Waals surface area (Å²) in [7, 11) is 0. The highest BCUT2D eigenvalue weighted by Gasteiger charge is 2.34. The van der Waals surface area contributed by atoms with Gasteiger partial charge in [-0.2, -0.15) is 0 Å². The maximum Gasteiger partial charge on any atom is 0.346 e. The van der Waals surface area contributed by atoms with Crippen LogP contribution in [0.4, 0.5) is 15.8 Å². The van der Waals surface area contributed by atoms with Gasteiger partial charge in [-0.3, -0.25) is 9.69 Å². The van der Waals surface area contributed by atoms with Gasteiger partial charge in [0.2, 0.25) is 0 Å². The van der Waals surface area contributed by atoms with Crippen molar-refractivity contribution in [2.24, 2.45) is 4.99 Å². The second kappa shape index (κ2) is 10.4. The van der Waals surface area contributed by atoms with Crippen LogP contribution in [0, 0.1) is 5.82 Å². The number of hydrogen-bond donors (Lipinski definition) is 0. The van der Waals surface area contributed by atoms with Crippen molar-refractivity contribution in [2.75, 3.05) is 4.90 Å². The van der Waals surface area contributed by atoms with E-state index in [1.54, 1.807) is 41.3 Å². The molecule has 4 aromatic carbocycles. The highest BCUT2D eigenvalue weighted by atomic mass is 32.2. The zero-order valence-electron chi connectivity index (χ0n) is 18.9. The summed E-state index contributed by atoms with van der Waals surface area (Å²) in [6.07, 6.45) is 1.76. The van der Waals surface area contributed by atoms with Gasteiger partial charge in [0.25, 0.3) is 5.91 Å². The Morgan fingerprint density at radius 3 is 2.17 bits per heavy atom.